The van der Waals surface area contributed by atoms with Crippen molar-refractivity contribution in [2.24, 2.45) is 4.99 Å². The van der Waals surface area contributed by atoms with Gasteiger partial charge in [0, 0.05) is 60.2 Å². The van der Waals surface area contributed by atoms with Crippen LogP contribution in [0, 0.1) is 0 Å². The highest BCUT2D eigenvalue weighted by Gasteiger charge is 2.26. The van der Waals surface area contributed by atoms with Crippen LogP contribution >= 0.6 is 24.0 Å². The minimum atomic E-state index is -0.701. The summed E-state index contributed by atoms with van der Waals surface area (Å²) in [6.45, 7) is 6.27. The van der Waals surface area contributed by atoms with Crippen LogP contribution in [0.4, 0.5) is 5.69 Å². The van der Waals surface area contributed by atoms with E-state index in [-0.39, 0.29) is 24.0 Å². The predicted molar refractivity (Wildman–Crippen MR) is 133 cm³/mol. The first-order valence-electron chi connectivity index (χ1n) is 10.5. The summed E-state index contributed by atoms with van der Waals surface area (Å²) in [5.41, 5.74) is 2.49. The molecule has 2 fully saturated rings. The van der Waals surface area contributed by atoms with E-state index in [2.05, 4.69) is 44.8 Å². The van der Waals surface area contributed by atoms with E-state index in [9.17, 15) is 4.21 Å². The van der Waals surface area contributed by atoms with E-state index < -0.39 is 10.8 Å². The van der Waals surface area contributed by atoms with Crippen molar-refractivity contribution in [1.82, 2.24) is 10.6 Å². The minimum Gasteiger partial charge on any atom is -0.378 e. The summed E-state index contributed by atoms with van der Waals surface area (Å²) in [5, 5.41) is 7.27. The molecular weight excluding hydrogens is 499 g/mol. The lowest BCUT2D eigenvalue weighted by molar-refractivity contribution is 0.122. The largest absolute Gasteiger partial charge is 0.378 e. The van der Waals surface area contributed by atoms with Crippen LogP contribution in [0.25, 0.3) is 0 Å². The maximum Gasteiger partial charge on any atom is 0.191 e. The van der Waals surface area contributed by atoms with Crippen molar-refractivity contribution in [3.63, 3.8) is 0 Å². The minimum absolute atomic E-state index is 0. The van der Waals surface area contributed by atoms with E-state index >= 15 is 0 Å². The van der Waals surface area contributed by atoms with Gasteiger partial charge in [0.2, 0.25) is 0 Å². The number of anilines is 1. The quantitative estimate of drug-likeness (QED) is 0.334. The van der Waals surface area contributed by atoms with Crippen molar-refractivity contribution < 1.29 is 8.95 Å². The standard InChI is InChI=1S/C21H34N4O2S.HI/c1-3-28(26)20-6-4-5-18(15-20)24-21(22-2)23-16-17-7-9-19(10-8-17)25-11-13-27-14-12-25;/h7-10,18,20H,3-6,11-16H2,1-2H3,(H2,22,23,24);1H. The zero-order valence-electron chi connectivity index (χ0n) is 17.6. The summed E-state index contributed by atoms with van der Waals surface area (Å²) in [5.74, 6) is 1.58. The lowest BCUT2D eigenvalue weighted by Gasteiger charge is -2.30. The van der Waals surface area contributed by atoms with Gasteiger partial charge in [-0.25, -0.2) is 0 Å². The van der Waals surface area contributed by atoms with Gasteiger partial charge in [-0.15, -0.1) is 24.0 Å². The molecule has 1 saturated heterocycles. The first-order valence-corrected chi connectivity index (χ1v) is 11.8. The molecule has 1 aromatic rings. The van der Waals surface area contributed by atoms with E-state index in [4.69, 9.17) is 4.74 Å². The van der Waals surface area contributed by atoms with E-state index in [1.807, 2.05) is 6.92 Å². The summed E-state index contributed by atoms with van der Waals surface area (Å²) >= 11 is 0. The highest BCUT2D eigenvalue weighted by Crippen LogP contribution is 2.23. The number of hydrogen-bond acceptors (Lipinski definition) is 4. The molecule has 3 atom stereocenters. The fraction of sp³-hybridized carbons (Fsp3) is 0.667. The van der Waals surface area contributed by atoms with E-state index in [1.54, 1.807) is 7.05 Å². The van der Waals surface area contributed by atoms with Crippen molar-refractivity contribution in [3.05, 3.63) is 29.8 Å². The molecule has 0 spiro atoms. The molecule has 0 aromatic heterocycles. The Morgan fingerprint density at radius 3 is 2.62 bits per heavy atom. The first kappa shape index (κ1) is 24.4. The molecule has 8 heteroatoms. The van der Waals surface area contributed by atoms with Crippen molar-refractivity contribution in [2.45, 2.75) is 50.4 Å². The van der Waals surface area contributed by atoms with Crippen molar-refractivity contribution in [1.29, 1.82) is 0 Å². The number of aliphatic imine (C=N–C) groups is 1. The van der Waals surface area contributed by atoms with Gasteiger partial charge < -0.3 is 20.3 Å². The normalized spacial score (nSPS) is 23.8. The number of benzene rings is 1. The summed E-state index contributed by atoms with van der Waals surface area (Å²) in [7, 11) is 1.11. The van der Waals surface area contributed by atoms with Crippen LogP contribution in [0.5, 0.6) is 0 Å². The third-order valence-corrected chi connectivity index (χ3v) is 7.36. The van der Waals surface area contributed by atoms with Crippen molar-refractivity contribution in [3.8, 4) is 0 Å². The molecule has 29 heavy (non-hydrogen) atoms. The highest BCUT2D eigenvalue weighted by atomic mass is 127. The maximum absolute atomic E-state index is 12.1. The average Bonchev–Trinajstić information content (AvgIpc) is 2.77. The average molecular weight is 535 g/mol. The number of guanidine groups is 1. The van der Waals surface area contributed by atoms with E-state index in [1.165, 1.54) is 11.3 Å². The smallest absolute Gasteiger partial charge is 0.191 e. The Morgan fingerprint density at radius 1 is 1.24 bits per heavy atom. The van der Waals surface area contributed by atoms with Crippen LogP contribution in [0.3, 0.4) is 0 Å². The highest BCUT2D eigenvalue weighted by molar-refractivity contribution is 14.0. The summed E-state index contributed by atoms with van der Waals surface area (Å²) < 4.78 is 17.6. The van der Waals surface area contributed by atoms with Gasteiger partial charge in [0.25, 0.3) is 0 Å². The molecule has 0 bridgehead atoms. The lowest BCUT2D eigenvalue weighted by atomic mass is 9.95. The number of halogens is 1. The van der Waals surface area contributed by atoms with Gasteiger partial charge in [-0.1, -0.05) is 25.5 Å². The third-order valence-electron chi connectivity index (χ3n) is 5.62. The fourth-order valence-electron chi connectivity index (χ4n) is 3.97. The molecule has 164 valence electrons. The number of ether oxygens (including phenoxy) is 1. The molecule has 3 rings (SSSR count). The van der Waals surface area contributed by atoms with Gasteiger partial charge in [0.15, 0.2) is 5.96 Å². The summed E-state index contributed by atoms with van der Waals surface area (Å²) in [4.78, 5) is 6.74. The van der Waals surface area contributed by atoms with Gasteiger partial charge in [0.05, 0.1) is 13.2 Å². The van der Waals surface area contributed by atoms with Gasteiger partial charge in [0.1, 0.15) is 0 Å². The molecule has 6 nitrogen and oxygen atoms in total. The van der Waals surface area contributed by atoms with Gasteiger partial charge in [-0.3, -0.25) is 9.20 Å². The molecule has 1 aliphatic heterocycles. The summed E-state index contributed by atoms with van der Waals surface area (Å²) in [6, 6.07) is 9.07. The maximum atomic E-state index is 12.1. The van der Waals surface area contributed by atoms with E-state index in [0.717, 1.165) is 70.2 Å². The Hall–Kier alpha value is -0.870. The van der Waals surface area contributed by atoms with Gasteiger partial charge >= 0.3 is 0 Å². The molecule has 0 amide bonds. The molecule has 1 aliphatic carbocycles. The number of hydrogen-bond donors (Lipinski definition) is 2. The molecule has 1 saturated carbocycles. The first-order chi connectivity index (χ1) is 13.7. The van der Waals surface area contributed by atoms with Gasteiger partial charge in [-0.2, -0.15) is 0 Å². The zero-order chi connectivity index (χ0) is 19.8. The molecule has 0 radical (unpaired) electrons. The van der Waals surface area contributed by atoms with Gasteiger partial charge in [-0.05, 0) is 37.0 Å². The molecular formula is C21H35IN4O2S. The van der Waals surface area contributed by atoms with Crippen molar-refractivity contribution >= 4 is 46.4 Å². The van der Waals surface area contributed by atoms with Crippen LogP contribution in [0.15, 0.2) is 29.3 Å². The zero-order valence-corrected chi connectivity index (χ0v) is 20.7. The number of morpholine rings is 1. The third kappa shape index (κ3) is 7.40. The Morgan fingerprint density at radius 2 is 1.97 bits per heavy atom. The predicted octanol–water partition coefficient (Wildman–Crippen LogP) is 2.89. The molecule has 2 aliphatic rings. The van der Waals surface area contributed by atoms with Crippen LogP contribution < -0.4 is 15.5 Å². The van der Waals surface area contributed by atoms with E-state index in [0.29, 0.717) is 11.3 Å². The molecule has 3 unspecified atom stereocenters. The topological polar surface area (TPSA) is 66.0 Å². The Balaban J connectivity index is 0.00000300. The molecule has 2 N–H and O–H groups in total. The summed E-state index contributed by atoms with van der Waals surface area (Å²) in [6.07, 6.45) is 4.30. The van der Waals surface area contributed by atoms with Crippen LogP contribution in [-0.4, -0.2) is 60.6 Å². The van der Waals surface area contributed by atoms with Crippen molar-refractivity contribution in [2.75, 3.05) is 44.0 Å². The second-order valence-electron chi connectivity index (χ2n) is 7.49. The number of nitrogens with zero attached hydrogens (tertiary/aromatic N) is 2. The van der Waals surface area contributed by atoms with Crippen LogP contribution in [-0.2, 0) is 22.1 Å². The SMILES string of the molecule is CCS(=O)C1CCCC(NC(=NC)NCc2ccc(N3CCOCC3)cc2)C1.I. The lowest BCUT2D eigenvalue weighted by Crippen LogP contribution is -2.46. The van der Waals surface area contributed by atoms with Crippen LogP contribution in [0.1, 0.15) is 38.2 Å². The van der Waals surface area contributed by atoms with Crippen LogP contribution in [0.2, 0.25) is 0 Å². The second kappa shape index (κ2) is 12.7. The Labute approximate surface area is 194 Å². The Kier molecular flexibility index (Phi) is 10.7. The molecule has 1 heterocycles. The Bertz CT molecular complexity index is 665. The molecule has 1 aromatic carbocycles. The monoisotopic (exact) mass is 534 g/mol. The number of rotatable bonds is 6. The fourth-order valence-corrected chi connectivity index (χ4v) is 5.32. The second-order valence-corrected chi connectivity index (χ2v) is 9.50. The number of nitrogens with one attached hydrogen (secondary N) is 2.